The summed E-state index contributed by atoms with van der Waals surface area (Å²) in [6.45, 7) is 9.14. The van der Waals surface area contributed by atoms with Gasteiger partial charge in [0.1, 0.15) is 0 Å². The van der Waals surface area contributed by atoms with Crippen LogP contribution in [0.5, 0.6) is 0 Å². The van der Waals surface area contributed by atoms with Crippen molar-refractivity contribution < 1.29 is 0 Å². The Bertz CT molecular complexity index is 812. The number of rotatable bonds is 3. The lowest BCUT2D eigenvalue weighted by Crippen LogP contribution is -1.87. The Labute approximate surface area is 152 Å². The van der Waals surface area contributed by atoms with Crippen LogP contribution >= 0.6 is 22.7 Å². The van der Waals surface area contributed by atoms with Crippen LogP contribution in [0.2, 0.25) is 0 Å². The second-order valence-electron chi connectivity index (χ2n) is 6.68. The molecule has 2 aliphatic carbocycles. The van der Waals surface area contributed by atoms with E-state index in [1.165, 1.54) is 41.8 Å². The van der Waals surface area contributed by atoms with Gasteiger partial charge in [-0.25, -0.2) is 0 Å². The third-order valence-electron chi connectivity index (χ3n) is 5.28. The molecule has 122 valence electrons. The summed E-state index contributed by atoms with van der Waals surface area (Å²) in [5.74, 6) is 0.924. The molecule has 0 aromatic carbocycles. The molecule has 0 unspecified atom stereocenters. The van der Waals surface area contributed by atoms with Crippen molar-refractivity contribution in [3.8, 4) is 9.75 Å². The van der Waals surface area contributed by atoms with Gasteiger partial charge in [-0.3, -0.25) is 0 Å². The van der Waals surface area contributed by atoms with Crippen molar-refractivity contribution in [2.75, 3.05) is 0 Å². The molecule has 0 saturated heterocycles. The van der Waals surface area contributed by atoms with Crippen LogP contribution in [0.1, 0.15) is 43.8 Å². The topological polar surface area (TPSA) is 0 Å². The van der Waals surface area contributed by atoms with E-state index in [0.717, 1.165) is 0 Å². The van der Waals surface area contributed by atoms with E-state index < -0.39 is 0 Å². The Morgan fingerprint density at radius 2 is 0.875 bits per heavy atom. The van der Waals surface area contributed by atoms with E-state index in [1.807, 2.05) is 22.7 Å². The van der Waals surface area contributed by atoms with Gasteiger partial charge in [0.2, 0.25) is 0 Å². The fourth-order valence-electron chi connectivity index (χ4n) is 3.52. The highest BCUT2D eigenvalue weighted by Crippen LogP contribution is 2.47. The monoisotopic (exact) mass is 350 g/mol. The molecular weight excluding hydrogens is 328 g/mol. The summed E-state index contributed by atoms with van der Waals surface area (Å²) in [6.07, 6.45) is 17.9. The molecule has 0 nitrogen and oxygen atoms in total. The fraction of sp³-hybridized carbons (Fsp3) is 0.273. The smallest absolute Gasteiger partial charge is 0.0480 e. The molecule has 0 radical (unpaired) electrons. The van der Waals surface area contributed by atoms with Crippen molar-refractivity contribution >= 4 is 22.7 Å². The quantitative estimate of drug-likeness (QED) is 0.552. The van der Waals surface area contributed by atoms with Crippen LogP contribution in [0.4, 0.5) is 0 Å². The molecule has 0 saturated carbocycles. The molecule has 2 aliphatic rings. The Morgan fingerprint density at radius 3 is 1.21 bits per heavy atom. The highest BCUT2D eigenvalue weighted by Gasteiger charge is 2.23. The second-order valence-corrected chi connectivity index (χ2v) is 8.79. The maximum Gasteiger partial charge on any atom is 0.0480 e. The van der Waals surface area contributed by atoms with Crippen molar-refractivity contribution in [3.63, 3.8) is 0 Å². The van der Waals surface area contributed by atoms with Crippen LogP contribution in [0.3, 0.4) is 0 Å². The minimum absolute atomic E-state index is 0.462. The first-order chi connectivity index (χ1) is 11.6. The molecule has 0 fully saturated rings. The zero-order chi connectivity index (χ0) is 16.8. The van der Waals surface area contributed by atoms with Crippen molar-refractivity contribution in [1.82, 2.24) is 0 Å². The molecule has 2 aromatic heterocycles. The molecule has 0 bridgehead atoms. The first-order valence-electron chi connectivity index (χ1n) is 8.48. The zero-order valence-corrected chi connectivity index (χ0v) is 16.2. The normalized spacial score (nSPS) is 17.0. The van der Waals surface area contributed by atoms with Crippen LogP contribution in [0, 0.1) is 27.7 Å². The number of hydrogen-bond donors (Lipinski definition) is 0. The van der Waals surface area contributed by atoms with E-state index in [0.29, 0.717) is 11.8 Å². The minimum Gasteiger partial charge on any atom is -0.138 e. The highest BCUT2D eigenvalue weighted by molar-refractivity contribution is 7.22. The average molecular weight is 351 g/mol. The van der Waals surface area contributed by atoms with Crippen molar-refractivity contribution in [2.45, 2.75) is 39.5 Å². The molecule has 2 heteroatoms. The molecule has 0 aliphatic heterocycles. The van der Waals surface area contributed by atoms with Crippen molar-refractivity contribution in [2.24, 2.45) is 0 Å². The molecule has 24 heavy (non-hydrogen) atoms. The van der Waals surface area contributed by atoms with Gasteiger partial charge in [0.25, 0.3) is 0 Å². The van der Waals surface area contributed by atoms with Gasteiger partial charge in [-0.05, 0) is 49.9 Å². The van der Waals surface area contributed by atoms with Gasteiger partial charge in [-0.15, -0.1) is 22.7 Å². The summed E-state index contributed by atoms with van der Waals surface area (Å²) in [5, 5.41) is 0. The Morgan fingerprint density at radius 1 is 0.542 bits per heavy atom. The number of thiophene rings is 2. The Hall–Kier alpha value is -1.64. The lowest BCUT2D eigenvalue weighted by Gasteiger charge is -2.03. The largest absolute Gasteiger partial charge is 0.138 e. The van der Waals surface area contributed by atoms with Gasteiger partial charge in [-0.1, -0.05) is 48.6 Å². The van der Waals surface area contributed by atoms with E-state index in [1.54, 1.807) is 0 Å². The van der Waals surface area contributed by atoms with Gasteiger partial charge in [0, 0.05) is 31.3 Å². The molecule has 4 rings (SSSR count). The lowest BCUT2D eigenvalue weighted by molar-refractivity contribution is 1.11. The highest BCUT2D eigenvalue weighted by atomic mass is 32.1. The van der Waals surface area contributed by atoms with E-state index in [-0.39, 0.29) is 0 Å². The predicted molar refractivity (Wildman–Crippen MR) is 109 cm³/mol. The zero-order valence-electron chi connectivity index (χ0n) is 14.6. The average Bonchev–Trinajstić information content (AvgIpc) is 3.34. The summed E-state index contributed by atoms with van der Waals surface area (Å²) in [5.41, 5.74) is 5.84. The summed E-state index contributed by atoms with van der Waals surface area (Å²) >= 11 is 3.97. The van der Waals surface area contributed by atoms with E-state index >= 15 is 0 Å². The molecule has 0 atom stereocenters. The van der Waals surface area contributed by atoms with Crippen LogP contribution in [0.25, 0.3) is 9.75 Å². The van der Waals surface area contributed by atoms with Gasteiger partial charge >= 0.3 is 0 Å². The maximum atomic E-state index is 2.30. The maximum absolute atomic E-state index is 2.30. The van der Waals surface area contributed by atoms with E-state index in [4.69, 9.17) is 0 Å². The van der Waals surface area contributed by atoms with Crippen LogP contribution < -0.4 is 0 Å². The summed E-state index contributed by atoms with van der Waals surface area (Å²) < 4.78 is 0. The molecule has 2 heterocycles. The Balaban J connectivity index is 1.82. The van der Waals surface area contributed by atoms with E-state index in [2.05, 4.69) is 76.3 Å². The standard InChI is InChI=1S/C22H22S2/c1-13-15(3)21(23-19(13)17-9-5-6-10-17)22-16(4)14(2)20(24-22)18-11-7-8-12-18/h5-12,17-18H,1-4H3. The molecule has 0 N–H and O–H groups in total. The van der Waals surface area contributed by atoms with Crippen LogP contribution in [0.15, 0.2) is 48.6 Å². The minimum atomic E-state index is 0.462. The molecule has 0 amide bonds. The van der Waals surface area contributed by atoms with E-state index in [9.17, 15) is 0 Å². The first-order valence-corrected chi connectivity index (χ1v) is 10.1. The third-order valence-corrected chi connectivity index (χ3v) is 8.43. The molecule has 0 spiro atoms. The SMILES string of the molecule is Cc1c(-c2sc(C3C=CC=C3)c(C)c2C)sc(C2C=CC=C2)c1C. The second kappa shape index (κ2) is 6.02. The third kappa shape index (κ3) is 2.40. The predicted octanol–water partition coefficient (Wildman–Crippen LogP) is 7.13. The first kappa shape index (κ1) is 15.9. The summed E-state index contributed by atoms with van der Waals surface area (Å²) in [4.78, 5) is 5.94. The summed E-state index contributed by atoms with van der Waals surface area (Å²) in [6, 6.07) is 0. The van der Waals surface area contributed by atoms with Crippen molar-refractivity contribution in [1.29, 1.82) is 0 Å². The summed E-state index contributed by atoms with van der Waals surface area (Å²) in [7, 11) is 0. The van der Waals surface area contributed by atoms with Gasteiger partial charge in [0.05, 0.1) is 0 Å². The van der Waals surface area contributed by atoms with Crippen molar-refractivity contribution in [3.05, 3.63) is 80.6 Å². The van der Waals surface area contributed by atoms with Crippen LogP contribution in [-0.4, -0.2) is 0 Å². The molecule has 2 aromatic rings. The number of allylic oxidation sites excluding steroid dienone is 8. The number of hydrogen-bond acceptors (Lipinski definition) is 2. The fourth-order valence-corrected chi connectivity index (χ4v) is 6.51. The van der Waals surface area contributed by atoms with Crippen LogP contribution in [-0.2, 0) is 0 Å². The Kier molecular flexibility index (Phi) is 3.98. The molecular formula is C22H22S2. The van der Waals surface area contributed by atoms with Gasteiger partial charge < -0.3 is 0 Å². The van der Waals surface area contributed by atoms with Gasteiger partial charge in [-0.2, -0.15) is 0 Å². The lowest BCUT2D eigenvalue weighted by atomic mass is 10.0. The van der Waals surface area contributed by atoms with Gasteiger partial charge in [0.15, 0.2) is 0 Å².